The summed E-state index contributed by atoms with van der Waals surface area (Å²) >= 11 is 0. The standard InChI is InChI=1S/C15H14N2O4/c16-14(18)13-9-17(15(19)21-13)11-6-4-10(5-7-11)12-3-1-2-8-20-12/h1-8,12-13H,9H2,(H2,16,18). The number of cyclic esters (lactones) is 1. The normalized spacial score (nSPS) is 23.8. The summed E-state index contributed by atoms with van der Waals surface area (Å²) in [5.41, 5.74) is 6.77. The molecule has 0 saturated carbocycles. The minimum absolute atomic E-state index is 0.132. The Hall–Kier alpha value is -2.76. The molecule has 1 aromatic rings. The van der Waals surface area contributed by atoms with Crippen molar-refractivity contribution in [3.05, 3.63) is 54.3 Å². The molecule has 2 N–H and O–H groups in total. The Kier molecular flexibility index (Phi) is 3.35. The Bertz CT molecular complexity index is 621. The largest absolute Gasteiger partial charge is 0.489 e. The van der Waals surface area contributed by atoms with Gasteiger partial charge in [0.05, 0.1) is 12.8 Å². The Morgan fingerprint density at radius 1 is 1.24 bits per heavy atom. The maximum Gasteiger partial charge on any atom is 0.415 e. The molecule has 0 spiro atoms. The van der Waals surface area contributed by atoms with Crippen LogP contribution >= 0.6 is 0 Å². The van der Waals surface area contributed by atoms with Gasteiger partial charge in [-0.2, -0.15) is 0 Å². The molecule has 0 radical (unpaired) electrons. The first-order valence-electron chi connectivity index (χ1n) is 6.51. The van der Waals surface area contributed by atoms with Crippen LogP contribution in [0.1, 0.15) is 11.7 Å². The van der Waals surface area contributed by atoms with Crippen LogP contribution in [0.5, 0.6) is 0 Å². The van der Waals surface area contributed by atoms with Crippen LogP contribution in [0.2, 0.25) is 0 Å². The number of primary amides is 1. The summed E-state index contributed by atoms with van der Waals surface area (Å²) in [7, 11) is 0. The second-order valence-corrected chi connectivity index (χ2v) is 4.75. The summed E-state index contributed by atoms with van der Waals surface area (Å²) in [6.45, 7) is 0.135. The van der Waals surface area contributed by atoms with Crippen LogP contribution < -0.4 is 10.6 Å². The van der Waals surface area contributed by atoms with Crippen molar-refractivity contribution >= 4 is 17.7 Å². The molecule has 2 amide bonds. The van der Waals surface area contributed by atoms with E-state index in [-0.39, 0.29) is 12.6 Å². The molecule has 2 unspecified atom stereocenters. The highest BCUT2D eigenvalue weighted by Gasteiger charge is 2.35. The van der Waals surface area contributed by atoms with Crippen molar-refractivity contribution in [2.24, 2.45) is 5.73 Å². The third-order valence-corrected chi connectivity index (χ3v) is 3.36. The fourth-order valence-corrected chi connectivity index (χ4v) is 2.24. The molecule has 2 atom stereocenters. The Morgan fingerprint density at radius 2 is 2.00 bits per heavy atom. The van der Waals surface area contributed by atoms with E-state index in [9.17, 15) is 9.59 Å². The molecule has 6 heteroatoms. The summed E-state index contributed by atoms with van der Waals surface area (Å²) in [6.07, 6.45) is 5.70. The zero-order chi connectivity index (χ0) is 14.8. The van der Waals surface area contributed by atoms with Crippen LogP contribution in [0.4, 0.5) is 10.5 Å². The van der Waals surface area contributed by atoms with Crippen LogP contribution in [-0.4, -0.2) is 24.6 Å². The SMILES string of the molecule is NC(=O)C1CN(c2ccc(C3C=CC=CO3)cc2)C(=O)O1. The molecule has 108 valence electrons. The van der Waals surface area contributed by atoms with Crippen molar-refractivity contribution in [1.29, 1.82) is 0 Å². The first-order chi connectivity index (χ1) is 10.1. The van der Waals surface area contributed by atoms with Gasteiger partial charge in [-0.25, -0.2) is 4.79 Å². The Balaban J connectivity index is 1.75. The van der Waals surface area contributed by atoms with Gasteiger partial charge in [-0.1, -0.05) is 18.2 Å². The van der Waals surface area contributed by atoms with E-state index in [4.69, 9.17) is 15.2 Å². The molecule has 0 aliphatic carbocycles. The fourth-order valence-electron chi connectivity index (χ4n) is 2.24. The molecule has 21 heavy (non-hydrogen) atoms. The maximum absolute atomic E-state index is 11.7. The summed E-state index contributed by atoms with van der Waals surface area (Å²) in [6, 6.07) is 7.31. The van der Waals surface area contributed by atoms with Gasteiger partial charge in [-0.15, -0.1) is 0 Å². The van der Waals surface area contributed by atoms with Crippen molar-refractivity contribution in [1.82, 2.24) is 0 Å². The van der Waals surface area contributed by atoms with Gasteiger partial charge in [0.25, 0.3) is 5.91 Å². The van der Waals surface area contributed by atoms with E-state index in [1.165, 1.54) is 4.90 Å². The van der Waals surface area contributed by atoms with Gasteiger partial charge in [0, 0.05) is 5.69 Å². The number of nitrogens with two attached hydrogens (primary N) is 1. The van der Waals surface area contributed by atoms with Crippen LogP contribution in [0, 0.1) is 0 Å². The number of ether oxygens (including phenoxy) is 2. The highest BCUT2D eigenvalue weighted by atomic mass is 16.6. The number of amides is 2. The molecule has 0 bridgehead atoms. The monoisotopic (exact) mass is 286 g/mol. The summed E-state index contributed by atoms with van der Waals surface area (Å²) in [4.78, 5) is 24.2. The van der Waals surface area contributed by atoms with Gasteiger partial charge in [-0.3, -0.25) is 9.69 Å². The van der Waals surface area contributed by atoms with Gasteiger partial charge in [0.2, 0.25) is 0 Å². The third-order valence-electron chi connectivity index (χ3n) is 3.36. The smallest absolute Gasteiger partial charge is 0.415 e. The first kappa shape index (κ1) is 13.2. The van der Waals surface area contributed by atoms with Crippen LogP contribution in [0.25, 0.3) is 0 Å². The molecular weight excluding hydrogens is 272 g/mol. The zero-order valence-corrected chi connectivity index (χ0v) is 11.1. The molecule has 1 saturated heterocycles. The van der Waals surface area contributed by atoms with Crippen molar-refractivity contribution in [3.8, 4) is 0 Å². The minimum Gasteiger partial charge on any atom is -0.489 e. The van der Waals surface area contributed by atoms with Crippen molar-refractivity contribution in [2.45, 2.75) is 12.2 Å². The highest BCUT2D eigenvalue weighted by molar-refractivity contribution is 5.95. The summed E-state index contributed by atoms with van der Waals surface area (Å²) in [5.74, 6) is -0.644. The lowest BCUT2D eigenvalue weighted by atomic mass is 10.1. The number of benzene rings is 1. The van der Waals surface area contributed by atoms with E-state index in [0.717, 1.165) is 5.56 Å². The van der Waals surface area contributed by atoms with Crippen molar-refractivity contribution < 1.29 is 19.1 Å². The van der Waals surface area contributed by atoms with Crippen LogP contribution in [-0.2, 0) is 14.3 Å². The third kappa shape index (κ3) is 2.60. The molecule has 2 aliphatic rings. The molecule has 6 nitrogen and oxygen atoms in total. The predicted octanol–water partition coefficient (Wildman–Crippen LogP) is 1.64. The number of rotatable bonds is 3. The predicted molar refractivity (Wildman–Crippen MR) is 75.4 cm³/mol. The highest BCUT2D eigenvalue weighted by Crippen LogP contribution is 2.26. The lowest BCUT2D eigenvalue weighted by molar-refractivity contribution is -0.124. The molecule has 1 fully saturated rings. The number of anilines is 1. The molecule has 1 aromatic carbocycles. The van der Waals surface area contributed by atoms with E-state index in [1.54, 1.807) is 18.4 Å². The Labute approximate surface area is 121 Å². The van der Waals surface area contributed by atoms with Crippen molar-refractivity contribution in [3.63, 3.8) is 0 Å². The molecular formula is C15H14N2O4. The summed E-state index contributed by atoms with van der Waals surface area (Å²) < 4.78 is 10.4. The molecule has 3 rings (SSSR count). The van der Waals surface area contributed by atoms with E-state index in [2.05, 4.69) is 0 Å². The van der Waals surface area contributed by atoms with Gasteiger partial charge < -0.3 is 15.2 Å². The maximum atomic E-state index is 11.7. The van der Waals surface area contributed by atoms with E-state index in [0.29, 0.717) is 5.69 Å². The molecule has 0 aromatic heterocycles. The number of allylic oxidation sites excluding steroid dienone is 2. The van der Waals surface area contributed by atoms with E-state index in [1.807, 2.05) is 30.4 Å². The number of carbonyl (C=O) groups excluding carboxylic acids is 2. The van der Waals surface area contributed by atoms with Gasteiger partial charge in [0.1, 0.15) is 6.10 Å². The average Bonchev–Trinajstić information content (AvgIpc) is 2.91. The number of nitrogens with zero attached hydrogens (tertiary/aromatic N) is 1. The minimum atomic E-state index is -0.896. The Morgan fingerprint density at radius 3 is 2.57 bits per heavy atom. The molecule has 2 aliphatic heterocycles. The second-order valence-electron chi connectivity index (χ2n) is 4.75. The average molecular weight is 286 g/mol. The van der Waals surface area contributed by atoms with Gasteiger partial charge in [-0.05, 0) is 29.8 Å². The first-order valence-corrected chi connectivity index (χ1v) is 6.51. The quantitative estimate of drug-likeness (QED) is 0.915. The lowest BCUT2D eigenvalue weighted by Crippen LogP contribution is -2.32. The van der Waals surface area contributed by atoms with Gasteiger partial charge >= 0.3 is 6.09 Å². The molecule has 2 heterocycles. The number of hydrogen-bond acceptors (Lipinski definition) is 4. The van der Waals surface area contributed by atoms with Crippen molar-refractivity contribution in [2.75, 3.05) is 11.4 Å². The number of hydrogen-bond donors (Lipinski definition) is 1. The van der Waals surface area contributed by atoms with Gasteiger partial charge in [0.15, 0.2) is 6.10 Å². The summed E-state index contributed by atoms with van der Waals surface area (Å²) in [5, 5.41) is 0. The number of carbonyl (C=O) groups is 2. The topological polar surface area (TPSA) is 81.9 Å². The second kappa shape index (κ2) is 5.32. The fraction of sp³-hybridized carbons (Fsp3) is 0.200. The lowest BCUT2D eigenvalue weighted by Gasteiger charge is -2.17. The van der Waals surface area contributed by atoms with E-state index < -0.39 is 18.1 Å². The van der Waals surface area contributed by atoms with Crippen LogP contribution in [0.3, 0.4) is 0 Å². The van der Waals surface area contributed by atoms with Crippen LogP contribution in [0.15, 0.2) is 48.8 Å². The van der Waals surface area contributed by atoms with E-state index >= 15 is 0 Å². The zero-order valence-electron chi connectivity index (χ0n) is 11.1.